The molecule has 3 nitrogen and oxygen atoms in total. The molecule has 3 heteroatoms. The smallest absolute Gasteiger partial charge is 0.343 e. The molecule has 0 spiro atoms. The Balaban J connectivity index is 1.67. The molecule has 0 aliphatic heterocycles. The van der Waals surface area contributed by atoms with Gasteiger partial charge in [-0.15, -0.1) is 0 Å². The number of aryl methyl sites for hydroxylation is 1. The van der Waals surface area contributed by atoms with Crippen LogP contribution in [0.5, 0.6) is 11.5 Å². The van der Waals surface area contributed by atoms with E-state index in [9.17, 15) is 9.90 Å². The van der Waals surface area contributed by atoms with Crippen molar-refractivity contribution in [3.63, 3.8) is 0 Å². The highest BCUT2D eigenvalue weighted by Crippen LogP contribution is 2.16. The van der Waals surface area contributed by atoms with Gasteiger partial charge in [0.2, 0.25) is 0 Å². The van der Waals surface area contributed by atoms with Gasteiger partial charge in [-0.2, -0.15) is 0 Å². The third-order valence-corrected chi connectivity index (χ3v) is 3.57. The van der Waals surface area contributed by atoms with Gasteiger partial charge in [-0.1, -0.05) is 29.5 Å². The van der Waals surface area contributed by atoms with Crippen molar-refractivity contribution < 1.29 is 14.6 Å². The van der Waals surface area contributed by atoms with Crippen LogP contribution in [0, 0.1) is 18.8 Å². The summed E-state index contributed by atoms with van der Waals surface area (Å²) in [5, 5.41) is 9.24. The van der Waals surface area contributed by atoms with Crippen LogP contribution in [-0.4, -0.2) is 11.1 Å². The Kier molecular flexibility index (Phi) is 4.82. The Morgan fingerprint density at radius 2 is 1.32 bits per heavy atom. The normalized spacial score (nSPS) is 9.80. The van der Waals surface area contributed by atoms with E-state index in [1.54, 1.807) is 24.3 Å². The van der Waals surface area contributed by atoms with E-state index in [4.69, 9.17) is 4.74 Å². The van der Waals surface area contributed by atoms with Crippen molar-refractivity contribution in [2.75, 3.05) is 0 Å². The summed E-state index contributed by atoms with van der Waals surface area (Å²) in [5.41, 5.74) is 3.37. The fraction of sp³-hybridized carbons (Fsp3) is 0.0455. The molecule has 3 aromatic carbocycles. The predicted molar refractivity (Wildman–Crippen MR) is 96.7 cm³/mol. The maximum Gasteiger partial charge on any atom is 0.343 e. The molecule has 3 rings (SSSR count). The molecule has 0 amide bonds. The first kappa shape index (κ1) is 16.4. The van der Waals surface area contributed by atoms with Crippen LogP contribution in [-0.2, 0) is 0 Å². The van der Waals surface area contributed by atoms with Crippen LogP contribution in [0.1, 0.15) is 27.0 Å². The van der Waals surface area contributed by atoms with E-state index in [0.29, 0.717) is 11.3 Å². The Morgan fingerprint density at radius 3 is 1.88 bits per heavy atom. The molecule has 0 fully saturated rings. The third kappa shape index (κ3) is 4.49. The first-order valence-corrected chi connectivity index (χ1v) is 7.80. The van der Waals surface area contributed by atoms with Gasteiger partial charge in [0.25, 0.3) is 0 Å². The van der Waals surface area contributed by atoms with Crippen LogP contribution in [0.4, 0.5) is 0 Å². The number of hydrogen-bond acceptors (Lipinski definition) is 3. The lowest BCUT2D eigenvalue weighted by Crippen LogP contribution is -2.07. The second kappa shape index (κ2) is 7.37. The minimum absolute atomic E-state index is 0.105. The van der Waals surface area contributed by atoms with Crippen molar-refractivity contribution in [2.24, 2.45) is 0 Å². The van der Waals surface area contributed by atoms with Gasteiger partial charge in [-0.05, 0) is 67.6 Å². The van der Waals surface area contributed by atoms with Crippen LogP contribution in [0.25, 0.3) is 0 Å². The minimum atomic E-state index is -0.474. The second-order valence-electron chi connectivity index (χ2n) is 5.58. The number of phenolic OH excluding ortho intramolecular Hbond substituents is 1. The highest BCUT2D eigenvalue weighted by Gasteiger charge is 2.08. The summed E-state index contributed by atoms with van der Waals surface area (Å²) in [6.45, 7) is 2.04. The summed E-state index contributed by atoms with van der Waals surface area (Å²) < 4.78 is 5.30. The van der Waals surface area contributed by atoms with Crippen molar-refractivity contribution >= 4 is 5.97 Å². The number of aromatic hydroxyl groups is 1. The molecule has 0 aliphatic carbocycles. The number of rotatable bonds is 2. The number of carbonyl (C=O) groups is 1. The molecule has 0 atom stereocenters. The first-order valence-electron chi connectivity index (χ1n) is 7.80. The van der Waals surface area contributed by atoms with Crippen LogP contribution in [0.3, 0.4) is 0 Å². The largest absolute Gasteiger partial charge is 0.508 e. The van der Waals surface area contributed by atoms with Crippen molar-refractivity contribution in [2.45, 2.75) is 6.92 Å². The number of hydrogen-bond donors (Lipinski definition) is 1. The van der Waals surface area contributed by atoms with E-state index in [-0.39, 0.29) is 5.75 Å². The maximum absolute atomic E-state index is 12.0. The third-order valence-electron chi connectivity index (χ3n) is 3.57. The van der Waals surface area contributed by atoms with Gasteiger partial charge < -0.3 is 9.84 Å². The quantitative estimate of drug-likeness (QED) is 0.433. The molecule has 0 aliphatic rings. The lowest BCUT2D eigenvalue weighted by molar-refractivity contribution is 0.0735. The summed E-state index contributed by atoms with van der Waals surface area (Å²) >= 11 is 0. The number of ether oxygens (including phenoxy) is 1. The number of benzene rings is 3. The average molecular weight is 328 g/mol. The molecule has 0 heterocycles. The van der Waals surface area contributed by atoms with Crippen LogP contribution in [0.2, 0.25) is 0 Å². The number of phenols is 1. The van der Waals surface area contributed by atoms with E-state index in [0.717, 1.165) is 11.1 Å². The maximum atomic E-state index is 12.0. The van der Waals surface area contributed by atoms with Gasteiger partial charge in [0, 0.05) is 11.1 Å². The first-order chi connectivity index (χ1) is 12.1. The predicted octanol–water partition coefficient (Wildman–Crippen LogP) is 4.32. The van der Waals surface area contributed by atoms with Gasteiger partial charge in [0.15, 0.2) is 0 Å². The zero-order valence-electron chi connectivity index (χ0n) is 13.7. The van der Waals surface area contributed by atoms with Crippen molar-refractivity contribution in [1.82, 2.24) is 0 Å². The number of carbonyl (C=O) groups excluding carboxylic acids is 1. The topological polar surface area (TPSA) is 46.5 Å². The Labute approximate surface area is 146 Å². The van der Waals surface area contributed by atoms with Crippen molar-refractivity contribution in [3.8, 4) is 23.3 Å². The Hall–Kier alpha value is -3.51. The summed E-state index contributed by atoms with van der Waals surface area (Å²) in [4.78, 5) is 12.0. The molecule has 25 heavy (non-hydrogen) atoms. The Morgan fingerprint density at radius 1 is 0.800 bits per heavy atom. The van der Waals surface area contributed by atoms with E-state index in [2.05, 4.69) is 11.8 Å². The highest BCUT2D eigenvalue weighted by atomic mass is 16.5. The van der Waals surface area contributed by atoms with Crippen molar-refractivity contribution in [1.29, 1.82) is 0 Å². The average Bonchev–Trinajstić information content (AvgIpc) is 2.63. The lowest BCUT2D eigenvalue weighted by atomic mass is 10.1. The fourth-order valence-corrected chi connectivity index (χ4v) is 2.15. The van der Waals surface area contributed by atoms with Gasteiger partial charge in [0.05, 0.1) is 5.56 Å². The van der Waals surface area contributed by atoms with Crippen LogP contribution in [0.15, 0.2) is 72.8 Å². The molecule has 122 valence electrons. The molecule has 3 aromatic rings. The van der Waals surface area contributed by atoms with Gasteiger partial charge in [0.1, 0.15) is 11.5 Å². The van der Waals surface area contributed by atoms with Crippen LogP contribution >= 0.6 is 0 Å². The number of esters is 1. The molecule has 0 unspecified atom stereocenters. The second-order valence-corrected chi connectivity index (χ2v) is 5.58. The molecule has 0 saturated carbocycles. The standard InChI is InChI=1S/C22H16O3/c1-16-2-4-17(5-3-16)6-7-18-8-14-21(15-9-18)25-22(24)19-10-12-20(23)13-11-19/h2-5,8-15,23H,1H3. The lowest BCUT2D eigenvalue weighted by Gasteiger charge is -2.04. The minimum Gasteiger partial charge on any atom is -0.508 e. The molecule has 0 radical (unpaired) electrons. The van der Waals surface area contributed by atoms with Gasteiger partial charge in [-0.3, -0.25) is 0 Å². The summed E-state index contributed by atoms with van der Waals surface area (Å²) in [6, 6.07) is 21.0. The molecular formula is C22H16O3. The summed E-state index contributed by atoms with van der Waals surface area (Å²) in [6.07, 6.45) is 0. The van der Waals surface area contributed by atoms with Gasteiger partial charge in [-0.25, -0.2) is 4.79 Å². The Bertz CT molecular complexity index is 926. The SMILES string of the molecule is Cc1ccc(C#Cc2ccc(OC(=O)c3ccc(O)cc3)cc2)cc1. The zero-order valence-corrected chi connectivity index (χ0v) is 13.7. The van der Waals surface area contributed by atoms with Gasteiger partial charge >= 0.3 is 5.97 Å². The molecule has 1 N–H and O–H groups in total. The van der Waals surface area contributed by atoms with E-state index >= 15 is 0 Å². The zero-order chi connectivity index (χ0) is 17.6. The molecule has 0 aromatic heterocycles. The van der Waals surface area contributed by atoms with Crippen molar-refractivity contribution in [3.05, 3.63) is 95.1 Å². The summed E-state index contributed by atoms with van der Waals surface area (Å²) in [7, 11) is 0. The monoisotopic (exact) mass is 328 g/mol. The molecule has 0 saturated heterocycles. The fourth-order valence-electron chi connectivity index (χ4n) is 2.15. The summed E-state index contributed by atoms with van der Waals surface area (Å²) in [5.74, 6) is 6.25. The molecular weight excluding hydrogens is 312 g/mol. The van der Waals surface area contributed by atoms with E-state index in [1.165, 1.54) is 29.8 Å². The van der Waals surface area contributed by atoms with E-state index in [1.807, 2.05) is 31.2 Å². The molecule has 0 bridgehead atoms. The van der Waals surface area contributed by atoms with Crippen LogP contribution < -0.4 is 4.74 Å². The van der Waals surface area contributed by atoms with E-state index < -0.39 is 5.97 Å². The highest BCUT2D eigenvalue weighted by molar-refractivity contribution is 5.91.